The van der Waals surface area contributed by atoms with Gasteiger partial charge in [0.2, 0.25) is 0 Å². The lowest BCUT2D eigenvalue weighted by atomic mass is 10.4. The first kappa shape index (κ1) is 9.15. The highest BCUT2D eigenvalue weighted by molar-refractivity contribution is 6.22. The van der Waals surface area contributed by atoms with E-state index in [-0.39, 0.29) is 5.76 Å². The zero-order valence-corrected chi connectivity index (χ0v) is 8.65. The van der Waals surface area contributed by atoms with E-state index in [4.69, 9.17) is 11.8 Å². The third-order valence-electron chi connectivity index (χ3n) is 2.04. The van der Waals surface area contributed by atoms with Crippen molar-refractivity contribution in [2.24, 2.45) is 0 Å². The van der Waals surface area contributed by atoms with Gasteiger partial charge < -0.3 is 5.11 Å². The van der Waals surface area contributed by atoms with Crippen LogP contribution in [0, 0.1) is 6.92 Å². The van der Waals surface area contributed by atoms with E-state index >= 15 is 0 Å². The minimum Gasteiger partial charge on any atom is -0.510 e. The van der Waals surface area contributed by atoms with Crippen molar-refractivity contribution in [3.63, 3.8) is 0 Å². The largest absolute Gasteiger partial charge is 0.510 e. The summed E-state index contributed by atoms with van der Waals surface area (Å²) in [6.07, 6.45) is 5.31. The molecule has 0 saturated heterocycles. The molecule has 1 aliphatic heterocycles. The molecule has 14 heavy (non-hydrogen) atoms. The summed E-state index contributed by atoms with van der Waals surface area (Å²) in [4.78, 5) is 4.27. The quantitative estimate of drug-likeness (QED) is 0.627. The maximum atomic E-state index is 9.50. The van der Waals surface area contributed by atoms with Gasteiger partial charge in [0.15, 0.2) is 5.48 Å². The number of hydrogen-bond acceptors (Lipinski definition) is 3. The smallest absolute Gasteiger partial charge is 0.154 e. The lowest BCUT2D eigenvalue weighted by molar-refractivity contribution is 0.492. The van der Waals surface area contributed by atoms with Crippen LogP contribution in [-0.2, 0) is 0 Å². The number of aryl methyl sites for hydroxylation is 1. The molecular weight excluding hydrogens is 202 g/mol. The second-order valence-electron chi connectivity index (χ2n) is 3.10. The van der Waals surface area contributed by atoms with Crippen LogP contribution in [0.1, 0.15) is 12.6 Å². The Hall–Kier alpha value is -1.42. The first-order chi connectivity index (χ1) is 6.61. The van der Waals surface area contributed by atoms with Crippen LogP contribution >= 0.6 is 11.8 Å². The van der Waals surface area contributed by atoms with Crippen molar-refractivity contribution in [1.29, 1.82) is 0 Å². The summed E-state index contributed by atoms with van der Waals surface area (Å²) in [6.45, 7) is 3.44. The van der Waals surface area contributed by atoms with E-state index in [2.05, 4.69) is 4.98 Å². The minimum absolute atomic E-state index is 0.204. The lowest BCUT2D eigenvalue weighted by Crippen LogP contribution is -2.40. The van der Waals surface area contributed by atoms with Gasteiger partial charge in [-0.25, -0.2) is 9.66 Å². The molecule has 0 radical (unpaired) electrons. The second kappa shape index (κ2) is 3.06. The van der Waals surface area contributed by atoms with E-state index in [1.54, 1.807) is 23.9 Å². The van der Waals surface area contributed by atoms with Crippen molar-refractivity contribution < 1.29 is 5.11 Å². The van der Waals surface area contributed by atoms with Crippen LogP contribution in [0.3, 0.4) is 0 Å². The Morgan fingerprint density at radius 3 is 2.93 bits per heavy atom. The summed E-state index contributed by atoms with van der Waals surface area (Å²) in [6, 6.07) is 0. The average Bonchev–Trinajstić information content (AvgIpc) is 2.42. The number of fused-ring (bicyclic) bond motifs is 1. The van der Waals surface area contributed by atoms with Gasteiger partial charge in [-0.2, -0.15) is 4.53 Å². The number of aliphatic hydroxyl groups is 1. The number of aliphatic hydroxyl groups excluding tert-OH is 1. The summed E-state index contributed by atoms with van der Waals surface area (Å²) in [7, 11) is 0. The van der Waals surface area contributed by atoms with Gasteiger partial charge in [-0.05, 0) is 26.0 Å². The molecule has 2 rings (SSSR count). The summed E-state index contributed by atoms with van der Waals surface area (Å²) in [5, 5.41) is 10.1. The van der Waals surface area contributed by atoms with Gasteiger partial charge in [0.1, 0.15) is 11.1 Å². The Kier molecular flexibility index (Phi) is 2.00. The van der Waals surface area contributed by atoms with Crippen LogP contribution in [0.15, 0.2) is 12.3 Å². The Morgan fingerprint density at radius 2 is 2.29 bits per heavy atom. The van der Waals surface area contributed by atoms with Gasteiger partial charge in [-0.3, -0.25) is 0 Å². The first-order valence-electron chi connectivity index (χ1n) is 4.20. The molecule has 0 aromatic carbocycles. The molecule has 74 valence electrons. The maximum absolute atomic E-state index is 9.50. The molecule has 5 heteroatoms. The van der Waals surface area contributed by atoms with Crippen LogP contribution in [0.25, 0.3) is 11.8 Å². The zero-order valence-electron chi connectivity index (χ0n) is 7.90. The van der Waals surface area contributed by atoms with Crippen molar-refractivity contribution in [2.75, 3.05) is 4.53 Å². The topological polar surface area (TPSA) is 41.3 Å². The molecule has 0 bridgehead atoms. The van der Waals surface area contributed by atoms with E-state index in [0.29, 0.717) is 10.8 Å². The molecule has 4 nitrogen and oxygen atoms in total. The van der Waals surface area contributed by atoms with Crippen molar-refractivity contribution in [2.45, 2.75) is 13.8 Å². The van der Waals surface area contributed by atoms with E-state index in [1.165, 1.54) is 4.53 Å². The van der Waals surface area contributed by atoms with Crippen LogP contribution in [-0.4, -0.2) is 14.8 Å². The molecule has 1 aliphatic rings. The predicted octanol–water partition coefficient (Wildman–Crippen LogP) is 0.277. The highest BCUT2D eigenvalue weighted by Gasteiger charge is 2.11. The SMILES string of the molecule is CC(O)=c1c(C)nc2n1N(Cl)C=CC=2. The van der Waals surface area contributed by atoms with Gasteiger partial charge in [0, 0.05) is 18.0 Å². The van der Waals surface area contributed by atoms with Crippen molar-refractivity contribution in [3.8, 4) is 0 Å². The van der Waals surface area contributed by atoms with Crippen molar-refractivity contribution in [3.05, 3.63) is 28.8 Å². The fourth-order valence-corrected chi connectivity index (χ4v) is 1.74. The van der Waals surface area contributed by atoms with Crippen LogP contribution in [0.5, 0.6) is 0 Å². The molecular formula is C9H10ClN3O. The molecule has 0 spiro atoms. The van der Waals surface area contributed by atoms with Crippen molar-refractivity contribution in [1.82, 2.24) is 9.66 Å². The average molecular weight is 212 g/mol. The molecule has 1 aromatic rings. The highest BCUT2D eigenvalue weighted by atomic mass is 35.5. The fraction of sp³-hybridized carbons (Fsp3) is 0.222. The summed E-state index contributed by atoms with van der Waals surface area (Å²) >= 11 is 5.93. The van der Waals surface area contributed by atoms with Crippen LogP contribution < -0.4 is 15.4 Å². The molecule has 0 aliphatic carbocycles. The summed E-state index contributed by atoms with van der Waals surface area (Å²) in [5.41, 5.74) is 1.47. The van der Waals surface area contributed by atoms with E-state index in [1.807, 2.05) is 13.0 Å². The van der Waals surface area contributed by atoms with E-state index in [9.17, 15) is 5.11 Å². The van der Waals surface area contributed by atoms with E-state index in [0.717, 1.165) is 5.69 Å². The monoisotopic (exact) mass is 211 g/mol. The molecule has 0 amide bonds. The minimum atomic E-state index is 0.204. The third kappa shape index (κ3) is 1.19. The Labute approximate surface area is 86.1 Å². The summed E-state index contributed by atoms with van der Waals surface area (Å²) < 4.78 is 3.01. The van der Waals surface area contributed by atoms with Gasteiger partial charge in [0.25, 0.3) is 0 Å². The molecule has 0 atom stereocenters. The van der Waals surface area contributed by atoms with Gasteiger partial charge in [-0.15, -0.1) is 0 Å². The molecule has 1 N–H and O–H groups in total. The maximum Gasteiger partial charge on any atom is 0.154 e. The first-order valence-corrected chi connectivity index (χ1v) is 4.54. The molecule has 1 aromatic heterocycles. The van der Waals surface area contributed by atoms with Gasteiger partial charge >= 0.3 is 0 Å². The van der Waals surface area contributed by atoms with Crippen molar-refractivity contribution >= 4 is 23.6 Å². The highest BCUT2D eigenvalue weighted by Crippen LogP contribution is 1.97. The zero-order chi connectivity index (χ0) is 10.3. The third-order valence-corrected chi connectivity index (χ3v) is 2.31. The normalized spacial score (nSPS) is 16.4. The lowest BCUT2D eigenvalue weighted by Gasteiger charge is -2.14. The number of imidazole rings is 1. The Morgan fingerprint density at radius 1 is 1.57 bits per heavy atom. The number of rotatable bonds is 0. The molecule has 0 saturated carbocycles. The number of allylic oxidation sites excluding steroid dienone is 1. The Balaban J connectivity index is 2.91. The standard InChI is InChI=1S/C9H10ClN3O/c1-6-9(7(2)14)13-8(11-6)4-3-5-12(13)10/h3-5,14H,1-2H3. The summed E-state index contributed by atoms with van der Waals surface area (Å²) in [5.74, 6) is 0.204. The number of halogens is 1. The van der Waals surface area contributed by atoms with Crippen LogP contribution in [0.2, 0.25) is 0 Å². The molecule has 2 heterocycles. The van der Waals surface area contributed by atoms with Gasteiger partial charge in [0.05, 0.1) is 5.69 Å². The number of hydrogen-bond donors (Lipinski definition) is 1. The molecule has 0 unspecified atom stereocenters. The van der Waals surface area contributed by atoms with Crippen LogP contribution in [0.4, 0.5) is 0 Å². The fourth-order valence-electron chi connectivity index (χ4n) is 1.52. The number of aromatic nitrogens is 2. The predicted molar refractivity (Wildman–Crippen MR) is 55.6 cm³/mol. The molecule has 0 fully saturated rings. The van der Waals surface area contributed by atoms with E-state index < -0.39 is 0 Å². The van der Waals surface area contributed by atoms with Gasteiger partial charge in [-0.1, -0.05) is 0 Å². The number of nitrogens with zero attached hydrogens (tertiary/aromatic N) is 3. The Bertz CT molecular complexity index is 511. The second-order valence-corrected chi connectivity index (χ2v) is 3.44.